The quantitative estimate of drug-likeness (QED) is 0.608. The number of guanidine groups is 1. The minimum Gasteiger partial charge on any atom is -0.354 e. The fourth-order valence-electron chi connectivity index (χ4n) is 2.40. The van der Waals surface area contributed by atoms with Gasteiger partial charge < -0.3 is 15.5 Å². The topological polar surface area (TPSA) is 56.7 Å². The first-order chi connectivity index (χ1) is 9.40. The molecule has 0 spiro atoms. The molecule has 5 heteroatoms. The van der Waals surface area contributed by atoms with Crippen LogP contribution in [0.5, 0.6) is 0 Å². The minimum atomic E-state index is 0.0200. The third-order valence-electron chi connectivity index (χ3n) is 3.73. The van der Waals surface area contributed by atoms with E-state index in [2.05, 4.69) is 36.4 Å². The van der Waals surface area contributed by atoms with E-state index in [9.17, 15) is 4.79 Å². The lowest BCUT2D eigenvalue weighted by Gasteiger charge is -2.31. The molecule has 0 aliphatic heterocycles. The molecule has 1 amide bonds. The molecule has 0 aromatic carbocycles. The van der Waals surface area contributed by atoms with Crippen LogP contribution in [0.25, 0.3) is 0 Å². The van der Waals surface area contributed by atoms with Gasteiger partial charge in [-0.1, -0.05) is 19.8 Å². The molecule has 1 aliphatic carbocycles. The van der Waals surface area contributed by atoms with Crippen molar-refractivity contribution in [3.8, 4) is 0 Å². The van der Waals surface area contributed by atoms with Crippen molar-refractivity contribution >= 4 is 11.9 Å². The maximum atomic E-state index is 11.7. The summed E-state index contributed by atoms with van der Waals surface area (Å²) in [7, 11) is 3.51. The molecule has 1 rings (SSSR count). The maximum absolute atomic E-state index is 11.7. The van der Waals surface area contributed by atoms with Crippen LogP contribution >= 0.6 is 0 Å². The number of carbonyl (C=O) groups excluding carboxylic acids is 1. The molecule has 1 saturated carbocycles. The maximum Gasteiger partial charge on any atom is 0.243 e. The van der Waals surface area contributed by atoms with Gasteiger partial charge in [0.15, 0.2) is 5.96 Å². The Kier molecular flexibility index (Phi) is 6.82. The van der Waals surface area contributed by atoms with Gasteiger partial charge >= 0.3 is 0 Å². The Morgan fingerprint density at radius 3 is 2.50 bits per heavy atom. The number of rotatable bonds is 4. The predicted octanol–water partition coefficient (Wildman–Crippen LogP) is 1.60. The summed E-state index contributed by atoms with van der Waals surface area (Å²) in [6.45, 7) is 6.63. The highest BCUT2D eigenvalue weighted by Crippen LogP contribution is 2.23. The summed E-state index contributed by atoms with van der Waals surface area (Å²) in [4.78, 5) is 17.6. The van der Waals surface area contributed by atoms with Gasteiger partial charge in [-0.05, 0) is 32.6 Å². The van der Waals surface area contributed by atoms with Crippen molar-refractivity contribution in [2.45, 2.75) is 58.5 Å². The second kappa shape index (κ2) is 8.12. The fraction of sp³-hybridized carbons (Fsp3) is 0.867. The normalized spacial score (nSPS) is 23.6. The third kappa shape index (κ3) is 5.80. The van der Waals surface area contributed by atoms with Crippen LogP contribution in [0.3, 0.4) is 0 Å². The molecule has 2 atom stereocenters. The average Bonchev–Trinajstić information content (AvgIpc) is 2.37. The highest BCUT2D eigenvalue weighted by molar-refractivity contribution is 5.85. The first-order valence-corrected chi connectivity index (χ1v) is 7.67. The molecule has 20 heavy (non-hydrogen) atoms. The van der Waals surface area contributed by atoms with Crippen molar-refractivity contribution in [2.75, 3.05) is 20.6 Å². The van der Waals surface area contributed by atoms with Crippen LogP contribution in [0, 0.1) is 5.92 Å². The molecule has 0 bridgehead atoms. The van der Waals surface area contributed by atoms with Crippen LogP contribution in [0.2, 0.25) is 0 Å². The van der Waals surface area contributed by atoms with Crippen molar-refractivity contribution < 1.29 is 4.79 Å². The Bertz CT molecular complexity index is 339. The van der Waals surface area contributed by atoms with E-state index in [-0.39, 0.29) is 12.5 Å². The Labute approximate surface area is 123 Å². The molecular formula is C15H30N4O. The highest BCUT2D eigenvalue weighted by atomic mass is 16.2. The zero-order chi connectivity index (χ0) is 15.1. The number of nitrogens with one attached hydrogen (secondary N) is 2. The van der Waals surface area contributed by atoms with Gasteiger partial charge in [-0.25, -0.2) is 4.99 Å². The number of hydrogen-bond donors (Lipinski definition) is 2. The first kappa shape index (κ1) is 16.8. The Morgan fingerprint density at radius 2 is 1.95 bits per heavy atom. The number of likely N-dealkylation sites (N-methyl/N-ethyl adjacent to an activating group) is 1. The zero-order valence-corrected chi connectivity index (χ0v) is 13.6. The number of amides is 1. The Morgan fingerprint density at radius 1 is 1.30 bits per heavy atom. The van der Waals surface area contributed by atoms with Gasteiger partial charge in [0, 0.05) is 26.2 Å². The summed E-state index contributed by atoms with van der Waals surface area (Å²) in [5, 5.41) is 6.81. The lowest BCUT2D eigenvalue weighted by molar-refractivity contribution is -0.127. The Hall–Kier alpha value is -1.26. The van der Waals surface area contributed by atoms with Crippen LogP contribution < -0.4 is 10.6 Å². The predicted molar refractivity (Wildman–Crippen MR) is 83.8 cm³/mol. The molecule has 0 heterocycles. The van der Waals surface area contributed by atoms with Gasteiger partial charge in [0.1, 0.15) is 6.54 Å². The molecule has 1 aliphatic rings. The minimum absolute atomic E-state index is 0.0200. The molecule has 0 radical (unpaired) electrons. The number of hydrogen-bond acceptors (Lipinski definition) is 2. The molecule has 2 N–H and O–H groups in total. The lowest BCUT2D eigenvalue weighted by atomic mass is 9.86. The van der Waals surface area contributed by atoms with Gasteiger partial charge in [0.25, 0.3) is 0 Å². The second-order valence-corrected chi connectivity index (χ2v) is 6.26. The molecule has 0 aromatic rings. The van der Waals surface area contributed by atoms with E-state index in [0.717, 1.165) is 5.96 Å². The van der Waals surface area contributed by atoms with E-state index in [1.165, 1.54) is 25.7 Å². The van der Waals surface area contributed by atoms with E-state index in [1.54, 1.807) is 19.0 Å². The van der Waals surface area contributed by atoms with Gasteiger partial charge in [-0.15, -0.1) is 0 Å². The summed E-state index contributed by atoms with van der Waals surface area (Å²) in [5.41, 5.74) is 0. The fourth-order valence-corrected chi connectivity index (χ4v) is 2.40. The van der Waals surface area contributed by atoms with Crippen molar-refractivity contribution in [3.63, 3.8) is 0 Å². The van der Waals surface area contributed by atoms with Gasteiger partial charge in [-0.3, -0.25) is 4.79 Å². The van der Waals surface area contributed by atoms with Gasteiger partial charge in [-0.2, -0.15) is 0 Å². The SMILES string of the molecule is CC(C)NC(=NCC(=O)N(C)C)NC1CCCCC1C. The van der Waals surface area contributed by atoms with Crippen LogP contribution in [0.1, 0.15) is 46.5 Å². The summed E-state index contributed by atoms with van der Waals surface area (Å²) in [6, 6.07) is 0.762. The molecule has 0 saturated heterocycles. The average molecular weight is 282 g/mol. The standard InChI is InChI=1S/C15H30N4O/c1-11(2)17-15(16-10-14(20)19(4)5)18-13-9-7-6-8-12(13)3/h11-13H,6-10H2,1-5H3,(H2,16,17,18). The summed E-state index contributed by atoms with van der Waals surface area (Å²) < 4.78 is 0. The van der Waals surface area contributed by atoms with Crippen LogP contribution in [0.15, 0.2) is 4.99 Å². The van der Waals surface area contributed by atoms with Crippen molar-refractivity contribution in [2.24, 2.45) is 10.9 Å². The van der Waals surface area contributed by atoms with E-state index in [4.69, 9.17) is 0 Å². The van der Waals surface area contributed by atoms with E-state index < -0.39 is 0 Å². The first-order valence-electron chi connectivity index (χ1n) is 7.67. The van der Waals surface area contributed by atoms with Crippen molar-refractivity contribution in [1.82, 2.24) is 15.5 Å². The van der Waals surface area contributed by atoms with Gasteiger partial charge in [0.2, 0.25) is 5.91 Å². The van der Waals surface area contributed by atoms with Gasteiger partial charge in [0.05, 0.1) is 0 Å². The van der Waals surface area contributed by atoms with E-state index in [1.807, 2.05) is 0 Å². The van der Waals surface area contributed by atoms with Crippen LogP contribution in [0.4, 0.5) is 0 Å². The highest BCUT2D eigenvalue weighted by Gasteiger charge is 2.22. The summed E-state index contributed by atoms with van der Waals surface area (Å²) >= 11 is 0. The van der Waals surface area contributed by atoms with E-state index in [0.29, 0.717) is 18.0 Å². The molecule has 2 unspecified atom stereocenters. The molecular weight excluding hydrogens is 252 g/mol. The lowest BCUT2D eigenvalue weighted by Crippen LogP contribution is -2.49. The van der Waals surface area contributed by atoms with Crippen molar-refractivity contribution in [1.29, 1.82) is 0 Å². The molecule has 116 valence electrons. The van der Waals surface area contributed by atoms with Crippen LogP contribution in [-0.2, 0) is 4.79 Å². The Balaban J connectivity index is 2.63. The second-order valence-electron chi connectivity index (χ2n) is 6.26. The molecule has 1 fully saturated rings. The third-order valence-corrected chi connectivity index (χ3v) is 3.73. The largest absolute Gasteiger partial charge is 0.354 e. The van der Waals surface area contributed by atoms with Crippen molar-refractivity contribution in [3.05, 3.63) is 0 Å². The summed E-state index contributed by atoms with van der Waals surface area (Å²) in [5.74, 6) is 1.44. The number of aliphatic imine (C=N–C) groups is 1. The molecule has 5 nitrogen and oxygen atoms in total. The van der Waals surface area contributed by atoms with E-state index >= 15 is 0 Å². The number of nitrogens with zero attached hydrogens (tertiary/aromatic N) is 2. The summed E-state index contributed by atoms with van der Waals surface area (Å²) in [6.07, 6.45) is 5.04. The molecule has 0 aromatic heterocycles. The smallest absolute Gasteiger partial charge is 0.243 e. The monoisotopic (exact) mass is 282 g/mol. The number of carbonyl (C=O) groups is 1. The zero-order valence-electron chi connectivity index (χ0n) is 13.6. The van der Waals surface area contributed by atoms with Crippen LogP contribution in [-0.4, -0.2) is 49.5 Å².